The summed E-state index contributed by atoms with van der Waals surface area (Å²) in [6, 6.07) is 2.96. The number of anilines is 1. The van der Waals surface area contributed by atoms with Crippen molar-refractivity contribution in [2.24, 2.45) is 5.73 Å². The van der Waals surface area contributed by atoms with Crippen LogP contribution in [-0.2, 0) is 6.18 Å². The minimum atomic E-state index is -4.65. The van der Waals surface area contributed by atoms with Crippen LogP contribution in [0.1, 0.15) is 17.2 Å². The molecule has 0 radical (unpaired) electrons. The molecule has 96 valence electrons. The quantitative estimate of drug-likeness (QED) is 0.592. The van der Waals surface area contributed by atoms with Crippen molar-refractivity contribution in [2.75, 3.05) is 12.3 Å². The number of alkyl halides is 3. The maximum atomic E-state index is 12.7. The number of aliphatic hydroxyl groups excluding tert-OH is 2. The first kappa shape index (κ1) is 13.8. The van der Waals surface area contributed by atoms with E-state index < -0.39 is 29.5 Å². The van der Waals surface area contributed by atoms with E-state index in [-0.39, 0.29) is 12.2 Å². The van der Waals surface area contributed by atoms with Crippen LogP contribution in [0.15, 0.2) is 18.2 Å². The summed E-state index contributed by atoms with van der Waals surface area (Å²) >= 11 is 0. The monoisotopic (exact) mass is 250 g/mol. The van der Waals surface area contributed by atoms with Crippen molar-refractivity contribution in [3.8, 4) is 0 Å². The molecule has 1 aromatic carbocycles. The van der Waals surface area contributed by atoms with E-state index in [2.05, 4.69) is 0 Å². The first-order valence-corrected chi connectivity index (χ1v) is 4.80. The molecule has 0 spiro atoms. The Morgan fingerprint density at radius 1 is 1.24 bits per heavy atom. The Balaban J connectivity index is 3.24. The molecule has 2 unspecified atom stereocenters. The van der Waals surface area contributed by atoms with Crippen LogP contribution in [0.25, 0.3) is 0 Å². The van der Waals surface area contributed by atoms with Gasteiger partial charge in [-0.1, -0.05) is 6.07 Å². The van der Waals surface area contributed by atoms with Crippen molar-refractivity contribution < 1.29 is 23.4 Å². The molecule has 0 bridgehead atoms. The highest BCUT2D eigenvalue weighted by Crippen LogP contribution is 2.36. The maximum Gasteiger partial charge on any atom is 0.416 e. The van der Waals surface area contributed by atoms with Gasteiger partial charge < -0.3 is 21.7 Å². The van der Waals surface area contributed by atoms with Gasteiger partial charge in [-0.2, -0.15) is 13.2 Å². The van der Waals surface area contributed by atoms with Crippen LogP contribution >= 0.6 is 0 Å². The van der Waals surface area contributed by atoms with Crippen molar-refractivity contribution in [2.45, 2.75) is 18.4 Å². The van der Waals surface area contributed by atoms with Gasteiger partial charge in [0.15, 0.2) is 0 Å². The van der Waals surface area contributed by atoms with Crippen LogP contribution in [-0.4, -0.2) is 22.9 Å². The molecule has 0 aromatic heterocycles. The Kier molecular flexibility index (Phi) is 3.97. The molecule has 0 saturated heterocycles. The predicted octanol–water partition coefficient (Wildman–Crippen LogP) is 0.641. The topological polar surface area (TPSA) is 92.5 Å². The van der Waals surface area contributed by atoms with Crippen LogP contribution in [0.4, 0.5) is 18.9 Å². The fraction of sp³-hybridized carbons (Fsp3) is 0.400. The molecule has 2 atom stereocenters. The summed E-state index contributed by atoms with van der Waals surface area (Å²) in [5.41, 5.74) is 8.76. The van der Waals surface area contributed by atoms with Crippen LogP contribution in [0.5, 0.6) is 0 Å². The zero-order chi connectivity index (χ0) is 13.2. The number of halogens is 3. The van der Waals surface area contributed by atoms with Gasteiger partial charge in [0.2, 0.25) is 0 Å². The molecule has 0 fully saturated rings. The normalized spacial score (nSPS) is 15.6. The van der Waals surface area contributed by atoms with Crippen molar-refractivity contribution in [3.63, 3.8) is 0 Å². The average Bonchev–Trinajstić information content (AvgIpc) is 2.25. The summed E-state index contributed by atoms with van der Waals surface area (Å²) in [6.45, 7) is -0.344. The minimum Gasteiger partial charge on any atom is -0.399 e. The largest absolute Gasteiger partial charge is 0.416 e. The van der Waals surface area contributed by atoms with Crippen LogP contribution in [0.2, 0.25) is 0 Å². The summed E-state index contributed by atoms with van der Waals surface area (Å²) in [5, 5.41) is 18.8. The van der Waals surface area contributed by atoms with Gasteiger partial charge in [0.25, 0.3) is 0 Å². The van der Waals surface area contributed by atoms with E-state index in [9.17, 15) is 23.4 Å². The number of nitrogens with two attached hydrogens (primary N) is 2. The van der Waals surface area contributed by atoms with Crippen molar-refractivity contribution >= 4 is 5.69 Å². The summed E-state index contributed by atoms with van der Waals surface area (Å²) < 4.78 is 38.0. The zero-order valence-electron chi connectivity index (χ0n) is 8.78. The van der Waals surface area contributed by atoms with E-state index in [1.807, 2.05) is 0 Å². The van der Waals surface area contributed by atoms with Gasteiger partial charge >= 0.3 is 6.18 Å². The lowest BCUT2D eigenvalue weighted by Crippen LogP contribution is -2.28. The zero-order valence-corrected chi connectivity index (χ0v) is 8.78. The second-order valence-corrected chi connectivity index (χ2v) is 3.59. The summed E-state index contributed by atoms with van der Waals surface area (Å²) in [7, 11) is 0. The Hall–Kier alpha value is -1.31. The van der Waals surface area contributed by atoms with Gasteiger partial charge in [0, 0.05) is 12.2 Å². The van der Waals surface area contributed by atoms with Crippen molar-refractivity contribution in [1.82, 2.24) is 0 Å². The smallest absolute Gasteiger partial charge is 0.399 e. The molecule has 0 heterocycles. The summed E-state index contributed by atoms with van der Waals surface area (Å²) in [5.74, 6) is 0. The number of rotatable bonds is 3. The second kappa shape index (κ2) is 4.91. The molecule has 0 aliphatic heterocycles. The highest BCUT2D eigenvalue weighted by atomic mass is 19.4. The predicted molar refractivity (Wildman–Crippen MR) is 55.9 cm³/mol. The maximum absolute atomic E-state index is 12.7. The molecular weight excluding hydrogens is 237 g/mol. The van der Waals surface area contributed by atoms with Crippen molar-refractivity contribution in [1.29, 1.82) is 0 Å². The highest BCUT2D eigenvalue weighted by molar-refractivity contribution is 5.46. The number of benzene rings is 1. The molecule has 0 amide bonds. The lowest BCUT2D eigenvalue weighted by Gasteiger charge is -2.21. The average molecular weight is 250 g/mol. The molecule has 7 heteroatoms. The third-order valence-corrected chi connectivity index (χ3v) is 2.31. The Morgan fingerprint density at radius 2 is 1.82 bits per heavy atom. The van der Waals surface area contributed by atoms with Crippen LogP contribution in [0, 0.1) is 0 Å². The fourth-order valence-electron chi connectivity index (χ4n) is 1.41. The van der Waals surface area contributed by atoms with E-state index >= 15 is 0 Å². The third-order valence-electron chi connectivity index (χ3n) is 2.31. The van der Waals surface area contributed by atoms with Crippen molar-refractivity contribution in [3.05, 3.63) is 29.3 Å². The highest BCUT2D eigenvalue weighted by Gasteiger charge is 2.36. The molecule has 0 saturated carbocycles. The fourth-order valence-corrected chi connectivity index (χ4v) is 1.41. The molecule has 0 aliphatic rings. The molecule has 17 heavy (non-hydrogen) atoms. The number of nitrogen functional groups attached to an aromatic ring is 1. The Bertz CT molecular complexity index is 396. The standard InChI is InChI=1S/C10H13F3N2O2/c11-10(12,13)7-3-5(15)1-2-6(7)9(17)8(16)4-14/h1-3,8-9,16-17H,4,14-15H2. The molecule has 0 aliphatic carbocycles. The molecule has 6 N–H and O–H groups in total. The van der Waals surface area contributed by atoms with Gasteiger partial charge in [0.05, 0.1) is 11.7 Å². The SMILES string of the molecule is NCC(O)C(O)c1ccc(N)cc1C(F)(F)F. The molecule has 1 aromatic rings. The van der Waals surface area contributed by atoms with E-state index in [1.165, 1.54) is 6.07 Å². The Morgan fingerprint density at radius 3 is 2.29 bits per heavy atom. The van der Waals surface area contributed by atoms with Crippen LogP contribution in [0.3, 0.4) is 0 Å². The molecular formula is C10H13F3N2O2. The molecule has 4 nitrogen and oxygen atoms in total. The summed E-state index contributed by atoms with van der Waals surface area (Å²) in [6.07, 6.45) is -7.81. The molecule has 1 rings (SSSR count). The second-order valence-electron chi connectivity index (χ2n) is 3.59. The van der Waals surface area contributed by atoms with E-state index in [1.54, 1.807) is 0 Å². The van der Waals surface area contributed by atoms with E-state index in [0.29, 0.717) is 6.07 Å². The number of hydrogen-bond donors (Lipinski definition) is 4. The van der Waals surface area contributed by atoms with Gasteiger partial charge in [0.1, 0.15) is 6.10 Å². The summed E-state index contributed by atoms with van der Waals surface area (Å²) in [4.78, 5) is 0. The van der Waals surface area contributed by atoms with Gasteiger partial charge in [-0.25, -0.2) is 0 Å². The van der Waals surface area contributed by atoms with Crippen LogP contribution < -0.4 is 11.5 Å². The lowest BCUT2D eigenvalue weighted by molar-refractivity contribution is -0.139. The van der Waals surface area contributed by atoms with Gasteiger partial charge in [-0.15, -0.1) is 0 Å². The number of hydrogen-bond acceptors (Lipinski definition) is 4. The number of aliphatic hydroxyl groups is 2. The van der Waals surface area contributed by atoms with Gasteiger partial charge in [-0.05, 0) is 17.7 Å². The first-order chi connectivity index (χ1) is 7.77. The first-order valence-electron chi connectivity index (χ1n) is 4.80. The minimum absolute atomic E-state index is 0.0736. The Labute approximate surface area is 95.7 Å². The van der Waals surface area contributed by atoms with Gasteiger partial charge in [-0.3, -0.25) is 0 Å². The van der Waals surface area contributed by atoms with E-state index in [4.69, 9.17) is 11.5 Å². The van der Waals surface area contributed by atoms with E-state index in [0.717, 1.165) is 6.07 Å². The lowest BCUT2D eigenvalue weighted by atomic mass is 9.97. The third kappa shape index (κ3) is 3.09.